The number of ether oxygens (including phenoxy) is 1. The van der Waals surface area contributed by atoms with E-state index in [0.717, 1.165) is 12.0 Å². The summed E-state index contributed by atoms with van der Waals surface area (Å²) >= 11 is 5.93. The van der Waals surface area contributed by atoms with Crippen molar-refractivity contribution >= 4 is 23.4 Å². The molecule has 184 valence electrons. The molecular weight excluding hydrogens is 467 g/mol. The Labute approximate surface area is 210 Å². The van der Waals surface area contributed by atoms with Crippen LogP contribution < -0.4 is 10.1 Å². The molecule has 0 heterocycles. The SMILES string of the molecule is CCC(C)NC(=O)C(Cc1ccccc1)N(Cc1ccc(F)cc1)C(=O)COc1ccc(Cl)cc1. The van der Waals surface area contributed by atoms with Crippen LogP contribution in [0.3, 0.4) is 0 Å². The zero-order valence-electron chi connectivity index (χ0n) is 19.9. The fourth-order valence-electron chi connectivity index (χ4n) is 3.54. The summed E-state index contributed by atoms with van der Waals surface area (Å²) in [5.41, 5.74) is 1.63. The Morgan fingerprint density at radius 1 is 0.971 bits per heavy atom. The Morgan fingerprint density at radius 2 is 1.63 bits per heavy atom. The van der Waals surface area contributed by atoms with Crippen molar-refractivity contribution in [1.29, 1.82) is 0 Å². The first-order valence-corrected chi connectivity index (χ1v) is 12.0. The van der Waals surface area contributed by atoms with Crippen molar-refractivity contribution in [2.24, 2.45) is 0 Å². The van der Waals surface area contributed by atoms with Crippen molar-refractivity contribution in [2.75, 3.05) is 6.61 Å². The minimum atomic E-state index is -0.780. The molecule has 0 spiro atoms. The summed E-state index contributed by atoms with van der Waals surface area (Å²) in [5, 5.41) is 3.57. The van der Waals surface area contributed by atoms with E-state index >= 15 is 0 Å². The van der Waals surface area contributed by atoms with Gasteiger partial charge in [0, 0.05) is 24.0 Å². The Hall–Kier alpha value is -3.38. The molecule has 0 saturated heterocycles. The van der Waals surface area contributed by atoms with Crippen molar-refractivity contribution in [3.05, 3.63) is 101 Å². The van der Waals surface area contributed by atoms with E-state index in [1.165, 1.54) is 17.0 Å². The molecule has 3 rings (SSSR count). The van der Waals surface area contributed by atoms with Crippen LogP contribution in [0.25, 0.3) is 0 Å². The van der Waals surface area contributed by atoms with Crippen molar-refractivity contribution in [3.8, 4) is 5.75 Å². The normalized spacial score (nSPS) is 12.5. The van der Waals surface area contributed by atoms with Gasteiger partial charge in [-0.05, 0) is 60.9 Å². The number of amides is 2. The number of hydrogen-bond donors (Lipinski definition) is 1. The van der Waals surface area contributed by atoms with Crippen LogP contribution in [-0.4, -0.2) is 35.4 Å². The second-order valence-electron chi connectivity index (χ2n) is 8.41. The van der Waals surface area contributed by atoms with Gasteiger partial charge in [0.2, 0.25) is 5.91 Å². The van der Waals surface area contributed by atoms with E-state index in [0.29, 0.717) is 22.8 Å². The van der Waals surface area contributed by atoms with Gasteiger partial charge in [0.1, 0.15) is 17.6 Å². The van der Waals surface area contributed by atoms with Crippen LogP contribution in [0.1, 0.15) is 31.4 Å². The van der Waals surface area contributed by atoms with E-state index < -0.39 is 6.04 Å². The van der Waals surface area contributed by atoms with Crippen molar-refractivity contribution in [2.45, 2.75) is 45.3 Å². The Morgan fingerprint density at radius 3 is 2.26 bits per heavy atom. The molecule has 5 nitrogen and oxygen atoms in total. The second-order valence-corrected chi connectivity index (χ2v) is 8.85. The monoisotopic (exact) mass is 496 g/mol. The zero-order valence-corrected chi connectivity index (χ0v) is 20.7. The molecule has 35 heavy (non-hydrogen) atoms. The van der Waals surface area contributed by atoms with Crippen LogP contribution >= 0.6 is 11.6 Å². The average molecular weight is 497 g/mol. The van der Waals surface area contributed by atoms with E-state index in [4.69, 9.17) is 16.3 Å². The number of hydrogen-bond acceptors (Lipinski definition) is 3. The number of nitrogens with zero attached hydrogens (tertiary/aromatic N) is 1. The predicted molar refractivity (Wildman–Crippen MR) is 136 cm³/mol. The lowest BCUT2D eigenvalue weighted by Crippen LogP contribution is -2.53. The van der Waals surface area contributed by atoms with Crippen LogP contribution in [0.15, 0.2) is 78.9 Å². The van der Waals surface area contributed by atoms with Crippen molar-refractivity contribution in [1.82, 2.24) is 10.2 Å². The van der Waals surface area contributed by atoms with Gasteiger partial charge in [-0.15, -0.1) is 0 Å². The smallest absolute Gasteiger partial charge is 0.261 e. The largest absolute Gasteiger partial charge is 0.484 e. The Balaban J connectivity index is 1.89. The van der Waals surface area contributed by atoms with Gasteiger partial charge in [-0.1, -0.05) is 61.0 Å². The molecule has 0 bridgehead atoms. The van der Waals surface area contributed by atoms with Crippen molar-refractivity contribution < 1.29 is 18.7 Å². The minimum Gasteiger partial charge on any atom is -0.484 e. The van der Waals surface area contributed by atoms with Crippen LogP contribution in [0.4, 0.5) is 4.39 Å². The highest BCUT2D eigenvalue weighted by Crippen LogP contribution is 2.18. The fourth-order valence-corrected chi connectivity index (χ4v) is 3.67. The summed E-state index contributed by atoms with van der Waals surface area (Å²) in [6.45, 7) is 3.78. The van der Waals surface area contributed by atoms with Gasteiger partial charge in [0.15, 0.2) is 6.61 Å². The highest BCUT2D eigenvalue weighted by atomic mass is 35.5. The Kier molecular flexibility index (Phi) is 9.67. The predicted octanol–water partition coefficient (Wildman–Crippen LogP) is 5.41. The summed E-state index contributed by atoms with van der Waals surface area (Å²) in [7, 11) is 0. The fraction of sp³-hybridized carbons (Fsp3) is 0.286. The third-order valence-corrected chi connectivity index (χ3v) is 5.97. The maximum Gasteiger partial charge on any atom is 0.261 e. The van der Waals surface area contributed by atoms with Gasteiger partial charge in [-0.3, -0.25) is 9.59 Å². The second kappa shape index (κ2) is 12.9. The summed E-state index contributed by atoms with van der Waals surface area (Å²) in [6, 6.07) is 21.3. The summed E-state index contributed by atoms with van der Waals surface area (Å²) < 4.78 is 19.2. The van der Waals surface area contributed by atoms with Gasteiger partial charge in [0.05, 0.1) is 0 Å². The molecular formula is C28H30ClFN2O3. The average Bonchev–Trinajstić information content (AvgIpc) is 2.87. The summed E-state index contributed by atoms with van der Waals surface area (Å²) in [6.07, 6.45) is 1.09. The first-order chi connectivity index (χ1) is 16.9. The van der Waals surface area contributed by atoms with Gasteiger partial charge in [-0.2, -0.15) is 0 Å². The number of rotatable bonds is 11. The Bertz CT molecular complexity index is 1090. The molecule has 3 aromatic carbocycles. The molecule has 0 fully saturated rings. The molecule has 7 heteroatoms. The molecule has 0 saturated carbocycles. The van der Waals surface area contributed by atoms with E-state index in [1.807, 2.05) is 44.2 Å². The highest BCUT2D eigenvalue weighted by Gasteiger charge is 2.31. The number of benzene rings is 3. The van der Waals surface area contributed by atoms with Crippen LogP contribution in [-0.2, 0) is 22.6 Å². The highest BCUT2D eigenvalue weighted by molar-refractivity contribution is 6.30. The van der Waals surface area contributed by atoms with E-state index in [2.05, 4.69) is 5.32 Å². The lowest BCUT2D eigenvalue weighted by molar-refractivity contribution is -0.143. The van der Waals surface area contributed by atoms with E-state index in [-0.39, 0.29) is 36.8 Å². The molecule has 3 aromatic rings. The maximum absolute atomic E-state index is 13.5. The van der Waals surface area contributed by atoms with Crippen LogP contribution in [0.2, 0.25) is 5.02 Å². The molecule has 0 aliphatic rings. The van der Waals surface area contributed by atoms with Crippen molar-refractivity contribution in [3.63, 3.8) is 0 Å². The molecule has 2 atom stereocenters. The molecule has 0 aromatic heterocycles. The third-order valence-electron chi connectivity index (χ3n) is 5.71. The summed E-state index contributed by atoms with van der Waals surface area (Å²) in [5.74, 6) is -0.476. The molecule has 0 aliphatic carbocycles. The van der Waals surface area contributed by atoms with Gasteiger partial charge in [0.25, 0.3) is 5.91 Å². The molecule has 1 N–H and O–H groups in total. The van der Waals surface area contributed by atoms with Gasteiger partial charge in [-0.25, -0.2) is 4.39 Å². The summed E-state index contributed by atoms with van der Waals surface area (Å²) in [4.78, 5) is 28.4. The van der Waals surface area contributed by atoms with Crippen LogP contribution in [0, 0.1) is 5.82 Å². The third kappa shape index (κ3) is 8.11. The van der Waals surface area contributed by atoms with E-state index in [9.17, 15) is 14.0 Å². The standard InChI is InChI=1S/C28H30ClFN2O3/c1-3-20(2)31-28(34)26(17-21-7-5-4-6-8-21)32(18-22-9-13-24(30)14-10-22)27(33)19-35-25-15-11-23(29)12-16-25/h4-16,20,26H,3,17-19H2,1-2H3,(H,31,34). The zero-order chi connectivity index (χ0) is 25.2. The number of halogens is 2. The topological polar surface area (TPSA) is 58.6 Å². The molecule has 2 unspecified atom stereocenters. The number of carbonyl (C=O) groups is 2. The van der Waals surface area contributed by atoms with Gasteiger partial charge >= 0.3 is 0 Å². The maximum atomic E-state index is 13.5. The number of nitrogens with one attached hydrogen (secondary N) is 1. The van der Waals surface area contributed by atoms with Gasteiger partial charge < -0.3 is 15.0 Å². The lowest BCUT2D eigenvalue weighted by Gasteiger charge is -2.32. The first kappa shape index (κ1) is 26.2. The molecule has 2 amide bonds. The van der Waals surface area contributed by atoms with E-state index in [1.54, 1.807) is 36.4 Å². The quantitative estimate of drug-likeness (QED) is 0.386. The minimum absolute atomic E-state index is 0.0473. The lowest BCUT2D eigenvalue weighted by atomic mass is 10.0. The van der Waals surface area contributed by atoms with Crippen LogP contribution in [0.5, 0.6) is 5.75 Å². The molecule has 0 aliphatic heterocycles. The first-order valence-electron chi connectivity index (χ1n) is 11.6. The number of carbonyl (C=O) groups excluding carboxylic acids is 2. The molecule has 0 radical (unpaired) electrons.